The predicted octanol–water partition coefficient (Wildman–Crippen LogP) is 0.159. The number of rotatable bonds is 15. The highest BCUT2D eigenvalue weighted by atomic mass is 16.4. The predicted molar refractivity (Wildman–Crippen MR) is 143 cm³/mol. The minimum atomic E-state index is -1.85. The fraction of sp³-hybridized carbons (Fsp3) is 0.423. The number of carbonyl (C=O) groups is 5. The van der Waals surface area contributed by atoms with Gasteiger partial charge in [-0.25, -0.2) is 0 Å². The number of amides is 1. The highest BCUT2D eigenvalue weighted by molar-refractivity contribution is 6.04. The summed E-state index contributed by atoms with van der Waals surface area (Å²) >= 11 is 0. The van der Waals surface area contributed by atoms with Crippen molar-refractivity contribution < 1.29 is 44.4 Å². The van der Waals surface area contributed by atoms with Gasteiger partial charge in [-0.2, -0.15) is 9.97 Å². The summed E-state index contributed by atoms with van der Waals surface area (Å²) in [6, 6.07) is 3.44. The molecule has 0 spiro atoms. The summed E-state index contributed by atoms with van der Waals surface area (Å²) in [6.07, 6.45) is 1.14. The molecule has 0 fully saturated rings. The van der Waals surface area contributed by atoms with Crippen molar-refractivity contribution in [3.8, 4) is 5.88 Å². The Morgan fingerprint density at radius 1 is 1.05 bits per heavy atom. The van der Waals surface area contributed by atoms with E-state index in [-0.39, 0.29) is 29.9 Å². The van der Waals surface area contributed by atoms with E-state index in [1.54, 1.807) is 12.1 Å². The monoisotopic (exact) mass is 572 g/mol. The summed E-state index contributed by atoms with van der Waals surface area (Å²) in [5.74, 6) is -7.63. The van der Waals surface area contributed by atoms with Gasteiger partial charge in [-0.1, -0.05) is 12.1 Å². The number of aromatic hydroxyl groups is 1. The van der Waals surface area contributed by atoms with Crippen LogP contribution in [0.15, 0.2) is 24.3 Å². The molecule has 0 aliphatic carbocycles. The SMILES string of the molecule is Nc1nc(O)c2c(n1)NC(CCCc1ccc(C(=O)N[C@@H](CCC(=O)O)C(=O)C(C[C@H](N)C(=O)O)C(=O)O)cc1)C2. The highest BCUT2D eigenvalue weighted by Crippen LogP contribution is 2.32. The molecule has 0 radical (unpaired) electrons. The van der Waals surface area contributed by atoms with E-state index in [0.29, 0.717) is 24.2 Å². The number of aliphatic carboxylic acids is 3. The molecule has 10 N–H and O–H groups in total. The molecule has 1 aliphatic heterocycles. The third kappa shape index (κ3) is 8.35. The van der Waals surface area contributed by atoms with Crippen molar-refractivity contribution in [2.45, 2.75) is 63.1 Å². The van der Waals surface area contributed by atoms with Crippen LogP contribution in [0.25, 0.3) is 0 Å². The zero-order chi connectivity index (χ0) is 30.3. The van der Waals surface area contributed by atoms with Crippen molar-refractivity contribution in [2.75, 3.05) is 11.1 Å². The number of fused-ring (bicyclic) bond motifs is 1. The van der Waals surface area contributed by atoms with E-state index >= 15 is 0 Å². The van der Waals surface area contributed by atoms with Crippen molar-refractivity contribution in [3.05, 3.63) is 41.0 Å². The van der Waals surface area contributed by atoms with Gasteiger partial charge in [0.05, 0.1) is 11.6 Å². The van der Waals surface area contributed by atoms with Gasteiger partial charge in [0, 0.05) is 24.4 Å². The Morgan fingerprint density at radius 2 is 1.73 bits per heavy atom. The number of nitrogens with one attached hydrogen (secondary N) is 2. The zero-order valence-electron chi connectivity index (χ0n) is 21.9. The number of nitrogens with zero attached hydrogens (tertiary/aromatic N) is 2. The quantitative estimate of drug-likeness (QED) is 0.132. The van der Waals surface area contributed by atoms with Gasteiger partial charge in [0.1, 0.15) is 17.8 Å². The molecule has 1 aromatic heterocycles. The minimum absolute atomic E-state index is 0.0137. The number of carbonyl (C=O) groups excluding carboxylic acids is 2. The number of aryl methyl sites for hydroxylation is 1. The largest absolute Gasteiger partial charge is 0.493 e. The third-order valence-corrected chi connectivity index (χ3v) is 6.77. The van der Waals surface area contributed by atoms with E-state index in [0.717, 1.165) is 18.4 Å². The van der Waals surface area contributed by atoms with E-state index < -0.39 is 60.4 Å². The van der Waals surface area contributed by atoms with Gasteiger partial charge in [0.2, 0.25) is 11.8 Å². The highest BCUT2D eigenvalue weighted by Gasteiger charge is 2.36. The van der Waals surface area contributed by atoms with E-state index in [9.17, 15) is 34.2 Å². The normalized spacial score (nSPS) is 16.1. The number of carboxylic acid groups (broad SMARTS) is 3. The molecule has 4 atom stereocenters. The number of carboxylic acids is 3. The topological polar surface area (TPSA) is 268 Å². The molecular formula is C26H32N6O9. The lowest BCUT2D eigenvalue weighted by Gasteiger charge is -2.22. The van der Waals surface area contributed by atoms with Crippen LogP contribution in [0.4, 0.5) is 11.8 Å². The average Bonchev–Trinajstić information content (AvgIpc) is 3.32. The van der Waals surface area contributed by atoms with Gasteiger partial charge in [0.25, 0.3) is 5.91 Å². The fourth-order valence-corrected chi connectivity index (χ4v) is 4.57. The number of anilines is 2. The molecule has 220 valence electrons. The van der Waals surface area contributed by atoms with E-state index in [1.165, 1.54) is 12.1 Å². The van der Waals surface area contributed by atoms with Crippen LogP contribution in [0.5, 0.6) is 5.88 Å². The average molecular weight is 573 g/mol. The number of aromatic nitrogens is 2. The van der Waals surface area contributed by atoms with E-state index in [4.69, 9.17) is 21.7 Å². The standard InChI is InChI=1S/C26H32N6O9/c27-17(25(40)41)11-15(24(38)39)20(35)18(8-9-19(33)34)30-22(36)13-6-4-12(5-7-13)2-1-3-14-10-16-21(29-14)31-26(28)32-23(16)37/h4-7,14-15,17-18H,1-3,8-11,27H2,(H,30,36)(H,33,34)(H,38,39)(H,40,41)(H4,28,29,31,32,37)/t14?,15?,17-,18-/m0/s1. The molecule has 1 amide bonds. The molecule has 2 aromatic rings. The van der Waals surface area contributed by atoms with Crippen molar-refractivity contribution in [3.63, 3.8) is 0 Å². The number of nitrogen functional groups attached to an aromatic ring is 1. The van der Waals surface area contributed by atoms with Gasteiger partial charge >= 0.3 is 17.9 Å². The molecule has 41 heavy (non-hydrogen) atoms. The number of hydrogen-bond acceptors (Lipinski definition) is 11. The van der Waals surface area contributed by atoms with Gasteiger partial charge < -0.3 is 42.5 Å². The summed E-state index contributed by atoms with van der Waals surface area (Å²) in [5.41, 5.74) is 12.7. The molecule has 15 heteroatoms. The summed E-state index contributed by atoms with van der Waals surface area (Å²) in [6.45, 7) is 0. The number of benzene rings is 1. The molecule has 0 saturated heterocycles. The molecule has 3 rings (SSSR count). The first-order valence-corrected chi connectivity index (χ1v) is 12.8. The van der Waals surface area contributed by atoms with Crippen LogP contribution in [-0.2, 0) is 32.0 Å². The molecule has 15 nitrogen and oxygen atoms in total. The van der Waals surface area contributed by atoms with Crippen LogP contribution in [0, 0.1) is 5.92 Å². The number of Topliss-reactive ketones (excluding diaryl/α,β-unsaturated/α-hetero) is 1. The molecule has 0 bridgehead atoms. The summed E-state index contributed by atoms with van der Waals surface area (Å²) in [4.78, 5) is 67.5. The Hall–Kier alpha value is -4.79. The second-order valence-corrected chi connectivity index (χ2v) is 9.80. The summed E-state index contributed by atoms with van der Waals surface area (Å²) in [7, 11) is 0. The lowest BCUT2D eigenvalue weighted by Crippen LogP contribution is -2.47. The van der Waals surface area contributed by atoms with Crippen LogP contribution >= 0.6 is 0 Å². The minimum Gasteiger partial charge on any atom is -0.493 e. The first kappa shape index (κ1) is 30.7. The second-order valence-electron chi connectivity index (χ2n) is 9.80. The maximum Gasteiger partial charge on any atom is 0.320 e. The molecule has 1 aromatic carbocycles. The molecule has 2 unspecified atom stereocenters. The van der Waals surface area contributed by atoms with Gasteiger partial charge in [0.15, 0.2) is 5.78 Å². The van der Waals surface area contributed by atoms with Gasteiger partial charge in [-0.3, -0.25) is 24.0 Å². The Morgan fingerprint density at radius 3 is 2.34 bits per heavy atom. The summed E-state index contributed by atoms with van der Waals surface area (Å²) < 4.78 is 0. The van der Waals surface area contributed by atoms with Crippen LogP contribution < -0.4 is 22.1 Å². The Kier molecular flexibility index (Phi) is 10.1. The van der Waals surface area contributed by atoms with Crippen LogP contribution in [0.3, 0.4) is 0 Å². The maximum atomic E-state index is 12.9. The van der Waals surface area contributed by atoms with Gasteiger partial charge in [-0.05, 0) is 49.8 Å². The Balaban J connectivity index is 1.58. The Labute approximate surface area is 234 Å². The molecule has 0 saturated carbocycles. The summed E-state index contributed by atoms with van der Waals surface area (Å²) in [5, 5.41) is 43.1. The lowest BCUT2D eigenvalue weighted by molar-refractivity contribution is -0.148. The Bertz CT molecular complexity index is 1320. The first-order chi connectivity index (χ1) is 19.3. The lowest BCUT2D eigenvalue weighted by atomic mass is 9.89. The van der Waals surface area contributed by atoms with Crippen molar-refractivity contribution in [2.24, 2.45) is 11.7 Å². The first-order valence-electron chi connectivity index (χ1n) is 12.8. The molecular weight excluding hydrogens is 540 g/mol. The van der Waals surface area contributed by atoms with E-state index in [2.05, 4.69) is 20.6 Å². The zero-order valence-corrected chi connectivity index (χ0v) is 21.9. The number of ketones is 1. The third-order valence-electron chi connectivity index (χ3n) is 6.77. The fourth-order valence-electron chi connectivity index (χ4n) is 4.57. The van der Waals surface area contributed by atoms with E-state index in [1.807, 2.05) is 0 Å². The molecule has 2 heterocycles. The van der Waals surface area contributed by atoms with Crippen LogP contribution in [-0.4, -0.2) is 78.1 Å². The van der Waals surface area contributed by atoms with Crippen molar-refractivity contribution in [1.82, 2.24) is 15.3 Å². The van der Waals surface area contributed by atoms with Crippen molar-refractivity contribution >= 4 is 41.4 Å². The second kappa shape index (κ2) is 13.5. The van der Waals surface area contributed by atoms with Gasteiger partial charge in [-0.15, -0.1) is 0 Å². The maximum absolute atomic E-state index is 12.9. The number of hydrogen-bond donors (Lipinski definition) is 8. The van der Waals surface area contributed by atoms with Crippen LogP contribution in [0.1, 0.15) is 53.6 Å². The molecule has 1 aliphatic rings. The number of nitrogens with two attached hydrogens (primary N) is 2. The smallest absolute Gasteiger partial charge is 0.320 e. The van der Waals surface area contributed by atoms with Crippen molar-refractivity contribution in [1.29, 1.82) is 0 Å². The van der Waals surface area contributed by atoms with Crippen LogP contribution in [0.2, 0.25) is 0 Å².